The number of benzene rings is 2. The van der Waals surface area contributed by atoms with Crippen molar-refractivity contribution in [3.63, 3.8) is 0 Å². The molecule has 0 aliphatic carbocycles. The van der Waals surface area contributed by atoms with Crippen LogP contribution in [-0.2, 0) is 4.79 Å². The van der Waals surface area contributed by atoms with Gasteiger partial charge in [0.15, 0.2) is 0 Å². The van der Waals surface area contributed by atoms with Crippen LogP contribution in [0.3, 0.4) is 0 Å². The van der Waals surface area contributed by atoms with E-state index in [-0.39, 0.29) is 11.6 Å². The highest BCUT2D eigenvalue weighted by Crippen LogP contribution is 2.28. The summed E-state index contributed by atoms with van der Waals surface area (Å²) in [5, 5.41) is 15.9. The molecule has 1 aliphatic heterocycles. The molecule has 1 aliphatic rings. The van der Waals surface area contributed by atoms with Gasteiger partial charge in [-0.25, -0.2) is 4.68 Å². The summed E-state index contributed by atoms with van der Waals surface area (Å²) in [7, 11) is 0. The smallest absolute Gasteiger partial charge is 0.270 e. The summed E-state index contributed by atoms with van der Waals surface area (Å²) < 4.78 is 1.72. The highest BCUT2D eigenvalue weighted by atomic mass is 16.6. The van der Waals surface area contributed by atoms with E-state index in [9.17, 15) is 14.9 Å². The van der Waals surface area contributed by atoms with Gasteiger partial charge in [0.05, 0.1) is 10.6 Å². The Hall–Kier alpha value is -3.74. The summed E-state index contributed by atoms with van der Waals surface area (Å²) in [4.78, 5) is 25.2. The Balaban J connectivity index is 1.71. The number of piperidine rings is 1. The van der Waals surface area contributed by atoms with Crippen LogP contribution in [0, 0.1) is 10.1 Å². The van der Waals surface area contributed by atoms with Crippen LogP contribution < -0.4 is 0 Å². The van der Waals surface area contributed by atoms with Gasteiger partial charge >= 0.3 is 0 Å². The fourth-order valence-corrected chi connectivity index (χ4v) is 3.59. The molecule has 1 amide bonds. The summed E-state index contributed by atoms with van der Waals surface area (Å²) in [5.74, 6) is -0.0212. The standard InChI is InChI=1S/C23H22N4O3/c28-22(25-14-5-2-6-15-25)13-12-19-17-26(20-9-3-1-4-10-20)24-23(19)18-8-7-11-21(16-18)27(29)30/h1,3-4,7-13,16-17H,2,5-6,14-15H2/b13-12-. The monoisotopic (exact) mass is 402 g/mol. The van der Waals surface area contributed by atoms with Crippen LogP contribution in [0.5, 0.6) is 0 Å². The van der Waals surface area contributed by atoms with Crippen molar-refractivity contribution in [1.29, 1.82) is 0 Å². The summed E-state index contributed by atoms with van der Waals surface area (Å²) in [5.41, 5.74) is 2.81. The number of carbonyl (C=O) groups excluding carboxylic acids is 1. The van der Waals surface area contributed by atoms with Gasteiger partial charge in [-0.05, 0) is 37.5 Å². The van der Waals surface area contributed by atoms with Crippen LogP contribution in [0.2, 0.25) is 0 Å². The zero-order valence-corrected chi connectivity index (χ0v) is 16.5. The first-order chi connectivity index (χ1) is 14.6. The predicted molar refractivity (Wildman–Crippen MR) is 115 cm³/mol. The van der Waals surface area contributed by atoms with Crippen molar-refractivity contribution < 1.29 is 9.72 Å². The largest absolute Gasteiger partial charge is 0.339 e. The van der Waals surface area contributed by atoms with Crippen molar-refractivity contribution in [3.05, 3.63) is 82.5 Å². The highest BCUT2D eigenvalue weighted by Gasteiger charge is 2.16. The lowest BCUT2D eigenvalue weighted by molar-refractivity contribution is -0.384. The average Bonchev–Trinajstić information content (AvgIpc) is 3.23. The molecule has 1 saturated heterocycles. The average molecular weight is 402 g/mol. The number of non-ortho nitro benzene ring substituents is 1. The van der Waals surface area contributed by atoms with Crippen LogP contribution >= 0.6 is 0 Å². The molecular weight excluding hydrogens is 380 g/mol. The van der Waals surface area contributed by atoms with Crippen molar-refractivity contribution in [1.82, 2.24) is 14.7 Å². The molecule has 4 rings (SSSR count). The lowest BCUT2D eigenvalue weighted by atomic mass is 10.1. The molecule has 7 heteroatoms. The Morgan fingerprint density at radius 3 is 2.53 bits per heavy atom. The Labute approximate surface area is 174 Å². The molecule has 0 atom stereocenters. The van der Waals surface area contributed by atoms with Crippen LogP contribution in [0.25, 0.3) is 23.0 Å². The molecule has 0 radical (unpaired) electrons. The van der Waals surface area contributed by atoms with Gasteiger partial charge < -0.3 is 4.90 Å². The summed E-state index contributed by atoms with van der Waals surface area (Å²) in [6.07, 6.45) is 8.38. The lowest BCUT2D eigenvalue weighted by Gasteiger charge is -2.25. The maximum atomic E-state index is 12.6. The van der Waals surface area contributed by atoms with Gasteiger partial charge in [-0.3, -0.25) is 14.9 Å². The number of amides is 1. The maximum absolute atomic E-state index is 12.6. The summed E-state index contributed by atoms with van der Waals surface area (Å²) >= 11 is 0. The molecule has 2 aromatic carbocycles. The van der Waals surface area contributed by atoms with E-state index in [1.807, 2.05) is 41.4 Å². The van der Waals surface area contributed by atoms with Gasteiger partial charge in [0, 0.05) is 48.6 Å². The van der Waals surface area contributed by atoms with Gasteiger partial charge in [0.1, 0.15) is 5.69 Å². The van der Waals surface area contributed by atoms with E-state index in [1.54, 1.807) is 29.0 Å². The number of hydrogen-bond acceptors (Lipinski definition) is 4. The minimum absolute atomic E-state index is 0.00100. The van der Waals surface area contributed by atoms with E-state index >= 15 is 0 Å². The SMILES string of the molecule is O=C(/C=C\c1cn(-c2ccccc2)nc1-c1cccc([N+](=O)[O-])c1)N1CCCCC1. The van der Waals surface area contributed by atoms with Crippen LogP contribution in [0.4, 0.5) is 5.69 Å². The molecule has 3 aromatic rings. The molecule has 1 fully saturated rings. The van der Waals surface area contributed by atoms with E-state index in [2.05, 4.69) is 5.10 Å². The van der Waals surface area contributed by atoms with Gasteiger partial charge in [-0.2, -0.15) is 5.10 Å². The third-order valence-electron chi connectivity index (χ3n) is 5.17. The van der Waals surface area contributed by atoms with Crippen molar-refractivity contribution in [2.24, 2.45) is 0 Å². The van der Waals surface area contributed by atoms with Crippen LogP contribution in [0.15, 0.2) is 66.9 Å². The van der Waals surface area contributed by atoms with E-state index in [0.717, 1.165) is 43.6 Å². The van der Waals surface area contributed by atoms with Gasteiger partial charge in [-0.1, -0.05) is 30.3 Å². The van der Waals surface area contributed by atoms with Crippen LogP contribution in [-0.4, -0.2) is 38.6 Å². The van der Waals surface area contributed by atoms with E-state index in [1.165, 1.54) is 12.1 Å². The topological polar surface area (TPSA) is 81.3 Å². The molecule has 0 bridgehead atoms. The van der Waals surface area contributed by atoms with Crippen molar-refractivity contribution >= 4 is 17.7 Å². The number of carbonyl (C=O) groups is 1. The number of aromatic nitrogens is 2. The molecule has 30 heavy (non-hydrogen) atoms. The van der Waals surface area contributed by atoms with Crippen molar-refractivity contribution in [2.45, 2.75) is 19.3 Å². The fourth-order valence-electron chi connectivity index (χ4n) is 3.59. The van der Waals surface area contributed by atoms with E-state index in [4.69, 9.17) is 0 Å². The van der Waals surface area contributed by atoms with Crippen molar-refractivity contribution in [2.75, 3.05) is 13.1 Å². The number of likely N-dealkylation sites (tertiary alicyclic amines) is 1. The number of hydrogen-bond donors (Lipinski definition) is 0. The first-order valence-electron chi connectivity index (χ1n) is 9.99. The Bertz CT molecular complexity index is 1080. The molecule has 152 valence electrons. The quantitative estimate of drug-likeness (QED) is 0.358. The Morgan fingerprint density at radius 1 is 1.03 bits per heavy atom. The minimum atomic E-state index is -0.424. The third kappa shape index (κ3) is 4.30. The van der Waals surface area contributed by atoms with Crippen LogP contribution in [0.1, 0.15) is 24.8 Å². The zero-order valence-electron chi connectivity index (χ0n) is 16.5. The Kier molecular flexibility index (Phi) is 5.70. The third-order valence-corrected chi connectivity index (χ3v) is 5.17. The molecule has 7 nitrogen and oxygen atoms in total. The zero-order chi connectivity index (χ0) is 20.9. The first kappa shape index (κ1) is 19.6. The molecular formula is C23H22N4O3. The number of nitro groups is 1. The molecule has 0 N–H and O–H groups in total. The van der Waals surface area contributed by atoms with Gasteiger partial charge in [0.2, 0.25) is 5.91 Å². The normalized spacial score (nSPS) is 14.2. The second-order valence-corrected chi connectivity index (χ2v) is 7.24. The molecule has 0 spiro atoms. The Morgan fingerprint density at radius 2 is 1.80 bits per heavy atom. The number of nitro benzene ring substituents is 1. The summed E-state index contributed by atoms with van der Waals surface area (Å²) in [6.45, 7) is 1.56. The lowest BCUT2D eigenvalue weighted by Crippen LogP contribution is -2.34. The van der Waals surface area contributed by atoms with E-state index < -0.39 is 4.92 Å². The second kappa shape index (κ2) is 8.73. The highest BCUT2D eigenvalue weighted by molar-refractivity contribution is 5.93. The van der Waals surface area contributed by atoms with E-state index in [0.29, 0.717) is 11.3 Å². The van der Waals surface area contributed by atoms with Crippen molar-refractivity contribution in [3.8, 4) is 16.9 Å². The fraction of sp³-hybridized carbons (Fsp3) is 0.217. The molecule has 1 aromatic heterocycles. The molecule has 2 heterocycles. The first-order valence-corrected chi connectivity index (χ1v) is 9.99. The maximum Gasteiger partial charge on any atom is 0.270 e. The minimum Gasteiger partial charge on any atom is -0.339 e. The molecule has 0 unspecified atom stereocenters. The number of rotatable bonds is 5. The summed E-state index contributed by atoms with van der Waals surface area (Å²) in [6, 6.07) is 16.0. The van der Waals surface area contributed by atoms with Gasteiger partial charge in [0.25, 0.3) is 5.69 Å². The number of para-hydroxylation sites is 1. The molecule has 0 saturated carbocycles. The predicted octanol–water partition coefficient (Wildman–Crippen LogP) is 4.47. The number of nitrogens with zero attached hydrogens (tertiary/aromatic N) is 4. The van der Waals surface area contributed by atoms with Gasteiger partial charge in [-0.15, -0.1) is 0 Å². The second-order valence-electron chi connectivity index (χ2n) is 7.24.